The molecule has 0 fully saturated rings. The Hall–Kier alpha value is -9.04. The maximum Gasteiger partial charge on any atom is 0.119 e. The zero-order valence-electron chi connectivity index (χ0n) is 39.7. The van der Waals surface area contributed by atoms with E-state index in [1.54, 1.807) is 7.11 Å². The van der Waals surface area contributed by atoms with E-state index in [9.17, 15) is 0 Å². The fourth-order valence-corrected chi connectivity index (χ4v) is 11.4. The van der Waals surface area contributed by atoms with Crippen molar-refractivity contribution in [3.63, 3.8) is 0 Å². The lowest BCUT2D eigenvalue weighted by atomic mass is 9.84. The van der Waals surface area contributed by atoms with Crippen LogP contribution < -0.4 is 4.74 Å². The summed E-state index contributed by atoms with van der Waals surface area (Å²) >= 11 is 0. The number of rotatable bonds is 5. The van der Waals surface area contributed by atoms with Gasteiger partial charge in [0.1, 0.15) is 5.75 Å². The van der Waals surface area contributed by atoms with Gasteiger partial charge in [-0.3, -0.25) is 0 Å². The van der Waals surface area contributed by atoms with Gasteiger partial charge < -0.3 is 4.74 Å². The van der Waals surface area contributed by atoms with E-state index in [0.717, 1.165) is 5.75 Å². The number of methoxy groups -OCH3 is 1. The van der Waals surface area contributed by atoms with Gasteiger partial charge in [-0.05, 0) is 162 Å². The van der Waals surface area contributed by atoms with Crippen molar-refractivity contribution in [2.75, 3.05) is 7.11 Å². The largest absolute Gasteiger partial charge is 0.497 e. The second-order valence-electron chi connectivity index (χ2n) is 18.7. The fraction of sp³-hybridized carbons (Fsp3) is 0.0286. The molecule has 0 aliphatic carbocycles. The maximum atomic E-state index is 5.44. The first-order valence-corrected chi connectivity index (χ1v) is 24.5. The average Bonchev–Trinajstić information content (AvgIpc) is 3.43. The van der Waals surface area contributed by atoms with Gasteiger partial charge in [0, 0.05) is 0 Å². The average molecular weight is 905 g/mol. The van der Waals surface area contributed by atoms with Crippen LogP contribution in [0.2, 0.25) is 0 Å². The molecule has 14 rings (SSSR count). The molecule has 14 aromatic carbocycles. The molecule has 14 aromatic rings. The summed E-state index contributed by atoms with van der Waals surface area (Å²) in [5.41, 5.74) is 11.5. The van der Waals surface area contributed by atoms with Crippen molar-refractivity contribution in [1.29, 1.82) is 0 Å². The van der Waals surface area contributed by atoms with E-state index < -0.39 is 0 Å². The molecule has 1 nitrogen and oxygen atoms in total. The van der Waals surface area contributed by atoms with E-state index in [-0.39, 0.29) is 0 Å². The first-order chi connectivity index (χ1) is 35.1. The lowest BCUT2D eigenvalue weighted by Crippen LogP contribution is -1.92. The van der Waals surface area contributed by atoms with Crippen LogP contribution in [0.5, 0.6) is 5.75 Å². The van der Waals surface area contributed by atoms with E-state index in [4.69, 9.17) is 4.74 Å². The van der Waals surface area contributed by atoms with Gasteiger partial charge in [-0.1, -0.05) is 236 Å². The fourth-order valence-electron chi connectivity index (χ4n) is 11.4. The third kappa shape index (κ3) is 7.25. The minimum absolute atomic E-state index is 0.881. The van der Waals surface area contributed by atoms with E-state index in [1.165, 1.54) is 136 Å². The predicted octanol–water partition coefficient (Wildman–Crippen LogP) is 19.6. The molecule has 71 heavy (non-hydrogen) atoms. The molecule has 0 aliphatic rings. The summed E-state index contributed by atoms with van der Waals surface area (Å²) in [6, 6.07) is 92.8. The summed E-state index contributed by atoms with van der Waals surface area (Å²) in [4.78, 5) is 0. The number of hydrogen-bond acceptors (Lipinski definition) is 1. The summed E-state index contributed by atoms with van der Waals surface area (Å²) in [7, 11) is 1.71. The van der Waals surface area contributed by atoms with Gasteiger partial charge in [0.25, 0.3) is 0 Å². The van der Waals surface area contributed by atoms with Crippen molar-refractivity contribution in [3.05, 3.63) is 260 Å². The Morgan fingerprint density at radius 3 is 0.986 bits per heavy atom. The first-order valence-electron chi connectivity index (χ1n) is 24.5. The van der Waals surface area contributed by atoms with Crippen LogP contribution in [0.3, 0.4) is 0 Å². The molecule has 0 heterocycles. The molecular weight excluding hydrogens is 857 g/mol. The van der Waals surface area contributed by atoms with Gasteiger partial charge in [0.05, 0.1) is 7.11 Å². The van der Waals surface area contributed by atoms with Crippen LogP contribution in [0, 0.1) is 6.92 Å². The molecule has 0 spiro atoms. The molecule has 0 atom stereocenters. The highest BCUT2D eigenvalue weighted by atomic mass is 16.5. The summed E-state index contributed by atoms with van der Waals surface area (Å²) < 4.78 is 5.44. The van der Waals surface area contributed by atoms with Crippen LogP contribution in [0.15, 0.2) is 255 Å². The number of benzene rings is 14. The minimum atomic E-state index is 0.881. The van der Waals surface area contributed by atoms with Gasteiger partial charge in [-0.15, -0.1) is 0 Å². The Bertz CT molecular complexity index is 4140. The molecule has 0 bridgehead atoms. The quantitative estimate of drug-likeness (QED) is 0.156. The van der Waals surface area contributed by atoms with E-state index in [0.29, 0.717) is 0 Å². The molecule has 0 aromatic heterocycles. The van der Waals surface area contributed by atoms with Crippen LogP contribution in [0.1, 0.15) is 5.56 Å². The van der Waals surface area contributed by atoms with Crippen molar-refractivity contribution < 1.29 is 4.74 Å². The molecular formula is C70H48O. The molecule has 0 N–H and O–H groups in total. The van der Waals surface area contributed by atoms with Crippen molar-refractivity contribution >= 4 is 86.2 Å². The summed E-state index contributed by atoms with van der Waals surface area (Å²) in [6.45, 7) is 2.15. The van der Waals surface area contributed by atoms with Crippen molar-refractivity contribution in [2.45, 2.75) is 6.92 Å². The number of aryl methyl sites for hydroxylation is 1. The zero-order valence-corrected chi connectivity index (χ0v) is 39.7. The highest BCUT2D eigenvalue weighted by Gasteiger charge is 2.20. The zero-order chi connectivity index (χ0) is 47.4. The second-order valence-corrected chi connectivity index (χ2v) is 18.7. The second kappa shape index (κ2) is 17.5. The Morgan fingerprint density at radius 2 is 0.563 bits per heavy atom. The Kier molecular flexibility index (Phi) is 10.4. The van der Waals surface area contributed by atoms with E-state index in [1.807, 2.05) is 6.07 Å². The molecule has 334 valence electrons. The standard InChI is InChI=1S/C36H26O.C34H22/c1-23-11-12-25-20-28(15-13-24(25)19-23)35-31-7-3-5-9-33(31)36(34-10-6-4-8-32(34)35)29-16-14-27-22-30(37-2)18-17-26(27)21-29;1-3-15-25-23(11-1)13-9-21-27(25)33-29-17-5-7-19-31(29)34(32-20-8-6-18-30(32)33)28-22-10-14-24-12-2-4-16-26(24)28/h3-22H,1-2H3;1-22H. The molecule has 1 heteroatoms. The molecule has 0 amide bonds. The summed E-state index contributed by atoms with van der Waals surface area (Å²) in [6.07, 6.45) is 0. The lowest BCUT2D eigenvalue weighted by Gasteiger charge is -2.19. The highest BCUT2D eigenvalue weighted by Crippen LogP contribution is 2.48. The molecule has 0 radical (unpaired) electrons. The van der Waals surface area contributed by atoms with E-state index in [2.05, 4.69) is 256 Å². The third-order valence-corrected chi connectivity index (χ3v) is 14.6. The lowest BCUT2D eigenvalue weighted by molar-refractivity contribution is 0.415. The van der Waals surface area contributed by atoms with Crippen LogP contribution in [-0.2, 0) is 0 Å². The smallest absolute Gasteiger partial charge is 0.119 e. The topological polar surface area (TPSA) is 9.23 Å². The van der Waals surface area contributed by atoms with Gasteiger partial charge in [-0.25, -0.2) is 0 Å². The third-order valence-electron chi connectivity index (χ3n) is 14.6. The number of ether oxygens (including phenoxy) is 1. The number of fused-ring (bicyclic) bond motifs is 8. The minimum Gasteiger partial charge on any atom is -0.497 e. The Labute approximate surface area is 413 Å². The first kappa shape index (κ1) is 42.1. The van der Waals surface area contributed by atoms with Crippen LogP contribution >= 0.6 is 0 Å². The molecule has 0 saturated carbocycles. The van der Waals surface area contributed by atoms with Crippen molar-refractivity contribution in [1.82, 2.24) is 0 Å². The molecule has 0 aliphatic heterocycles. The molecule has 0 saturated heterocycles. The predicted molar refractivity (Wildman–Crippen MR) is 306 cm³/mol. The van der Waals surface area contributed by atoms with Gasteiger partial charge in [-0.2, -0.15) is 0 Å². The summed E-state index contributed by atoms with van der Waals surface area (Å²) in [5, 5.41) is 20.3. The van der Waals surface area contributed by atoms with Crippen molar-refractivity contribution in [2.24, 2.45) is 0 Å². The van der Waals surface area contributed by atoms with Gasteiger partial charge in [0.15, 0.2) is 0 Å². The maximum absolute atomic E-state index is 5.44. The van der Waals surface area contributed by atoms with E-state index >= 15 is 0 Å². The Balaban J connectivity index is 0.000000139. The highest BCUT2D eigenvalue weighted by molar-refractivity contribution is 6.26. The Morgan fingerprint density at radius 1 is 0.239 bits per heavy atom. The SMILES string of the molecule is COc1ccc2cc(-c3c4ccccc4c(-c4ccc5cc(C)ccc5c4)c4ccccc34)ccc2c1.c1ccc2c(-c3c4ccccc4c(-c4cccc5ccccc45)c4ccccc34)cccc2c1. The number of hydrogen-bond donors (Lipinski definition) is 0. The van der Waals surface area contributed by atoms with Crippen LogP contribution in [0.25, 0.3) is 131 Å². The normalized spacial score (nSPS) is 11.5. The monoisotopic (exact) mass is 904 g/mol. The van der Waals surface area contributed by atoms with Crippen LogP contribution in [-0.4, -0.2) is 7.11 Å². The molecule has 0 unspecified atom stereocenters. The van der Waals surface area contributed by atoms with Gasteiger partial charge >= 0.3 is 0 Å². The van der Waals surface area contributed by atoms with Crippen LogP contribution in [0.4, 0.5) is 0 Å². The van der Waals surface area contributed by atoms with Crippen molar-refractivity contribution in [3.8, 4) is 50.3 Å². The summed E-state index contributed by atoms with van der Waals surface area (Å²) in [5.74, 6) is 0.881. The van der Waals surface area contributed by atoms with Gasteiger partial charge in [0.2, 0.25) is 0 Å².